The highest BCUT2D eigenvalue weighted by atomic mass is 16.2. The Bertz CT molecular complexity index is 748. The summed E-state index contributed by atoms with van der Waals surface area (Å²) in [4.78, 5) is 25.0. The number of imide groups is 1. The SMILES string of the molecule is N#CC1CN1C(=O)NC(=O)c1ccc2ccccc2c1. The topological polar surface area (TPSA) is 73.0 Å². The standard InChI is InChI=1S/C15H11N3O2/c16-8-13-9-18(13)15(20)17-14(19)12-6-5-10-3-1-2-4-11(10)7-12/h1-7,13H,9H2,(H,17,19,20). The number of amides is 3. The molecular formula is C15H11N3O2. The summed E-state index contributed by atoms with van der Waals surface area (Å²) < 4.78 is 0. The summed E-state index contributed by atoms with van der Waals surface area (Å²) in [5.74, 6) is -0.454. The van der Waals surface area contributed by atoms with Gasteiger partial charge in [-0.2, -0.15) is 5.26 Å². The summed E-state index contributed by atoms with van der Waals surface area (Å²) in [6.45, 7) is 0.382. The van der Waals surface area contributed by atoms with Crippen molar-refractivity contribution in [2.45, 2.75) is 6.04 Å². The van der Waals surface area contributed by atoms with Gasteiger partial charge in [0, 0.05) is 5.56 Å². The number of rotatable bonds is 1. The Kier molecular flexibility index (Phi) is 2.84. The number of benzene rings is 2. The van der Waals surface area contributed by atoms with Gasteiger partial charge < -0.3 is 4.90 Å². The molecule has 1 saturated heterocycles. The number of hydrogen-bond donors (Lipinski definition) is 1. The lowest BCUT2D eigenvalue weighted by molar-refractivity contribution is 0.0960. The summed E-state index contributed by atoms with van der Waals surface area (Å²) in [5, 5.41) is 12.9. The molecule has 20 heavy (non-hydrogen) atoms. The average Bonchev–Trinajstić information content (AvgIpc) is 3.26. The maximum Gasteiger partial charge on any atom is 0.325 e. The summed E-state index contributed by atoms with van der Waals surface area (Å²) >= 11 is 0. The molecule has 5 nitrogen and oxygen atoms in total. The van der Waals surface area contributed by atoms with Crippen LogP contribution in [0, 0.1) is 11.3 Å². The van der Waals surface area contributed by atoms with Gasteiger partial charge in [0.15, 0.2) is 0 Å². The first-order chi connectivity index (χ1) is 9.69. The van der Waals surface area contributed by atoms with E-state index in [0.29, 0.717) is 12.1 Å². The summed E-state index contributed by atoms with van der Waals surface area (Å²) in [6.07, 6.45) is 0. The van der Waals surface area contributed by atoms with E-state index in [9.17, 15) is 9.59 Å². The number of nitrogens with zero attached hydrogens (tertiary/aromatic N) is 2. The van der Waals surface area contributed by atoms with Crippen molar-refractivity contribution in [3.8, 4) is 6.07 Å². The predicted octanol–water partition coefficient (Wildman–Crippen LogP) is 1.90. The van der Waals surface area contributed by atoms with E-state index in [2.05, 4.69) is 5.32 Å². The molecule has 0 aliphatic carbocycles. The second kappa shape index (κ2) is 4.67. The first kappa shape index (κ1) is 12.2. The van der Waals surface area contributed by atoms with E-state index >= 15 is 0 Å². The fraction of sp³-hybridized carbons (Fsp3) is 0.133. The van der Waals surface area contributed by atoms with Crippen molar-refractivity contribution in [2.24, 2.45) is 0 Å². The molecule has 1 unspecified atom stereocenters. The zero-order valence-corrected chi connectivity index (χ0v) is 10.5. The van der Waals surface area contributed by atoms with Crippen molar-refractivity contribution < 1.29 is 9.59 Å². The van der Waals surface area contributed by atoms with Gasteiger partial charge in [-0.1, -0.05) is 30.3 Å². The fourth-order valence-electron chi connectivity index (χ4n) is 2.05. The van der Waals surface area contributed by atoms with Crippen molar-refractivity contribution in [3.63, 3.8) is 0 Å². The van der Waals surface area contributed by atoms with Gasteiger partial charge in [0.2, 0.25) is 0 Å². The largest absolute Gasteiger partial charge is 0.325 e. The monoisotopic (exact) mass is 265 g/mol. The van der Waals surface area contributed by atoms with Crippen LogP contribution in [0.1, 0.15) is 10.4 Å². The highest BCUT2D eigenvalue weighted by Crippen LogP contribution is 2.17. The van der Waals surface area contributed by atoms with E-state index < -0.39 is 18.0 Å². The molecule has 3 amide bonds. The molecule has 0 spiro atoms. The minimum atomic E-state index is -0.519. The van der Waals surface area contributed by atoms with Crippen molar-refractivity contribution >= 4 is 22.7 Å². The normalized spacial score (nSPS) is 16.6. The first-order valence-corrected chi connectivity index (χ1v) is 6.19. The second-order valence-corrected chi connectivity index (χ2v) is 4.62. The van der Waals surface area contributed by atoms with Crippen molar-refractivity contribution in [2.75, 3.05) is 6.54 Å². The van der Waals surface area contributed by atoms with Gasteiger partial charge in [-0.25, -0.2) is 4.79 Å². The van der Waals surface area contributed by atoms with Gasteiger partial charge in [-0.3, -0.25) is 10.1 Å². The Hall–Kier alpha value is -2.87. The Morgan fingerprint density at radius 3 is 2.65 bits per heavy atom. The van der Waals surface area contributed by atoms with Crippen LogP contribution in [0.4, 0.5) is 4.79 Å². The lowest BCUT2D eigenvalue weighted by atomic mass is 10.1. The predicted molar refractivity (Wildman–Crippen MR) is 72.9 cm³/mol. The van der Waals surface area contributed by atoms with Crippen LogP contribution in [0.25, 0.3) is 10.8 Å². The molecule has 0 radical (unpaired) electrons. The van der Waals surface area contributed by atoms with Crippen LogP contribution in [0.3, 0.4) is 0 Å². The molecule has 1 N–H and O–H groups in total. The van der Waals surface area contributed by atoms with Crippen LogP contribution in [-0.2, 0) is 0 Å². The lowest BCUT2D eigenvalue weighted by Gasteiger charge is -2.06. The maximum absolute atomic E-state index is 12.0. The molecule has 2 aromatic carbocycles. The molecular weight excluding hydrogens is 254 g/mol. The molecule has 2 aromatic rings. The molecule has 1 aliphatic rings. The van der Waals surface area contributed by atoms with E-state index in [0.717, 1.165) is 10.8 Å². The Balaban J connectivity index is 1.76. The average molecular weight is 265 g/mol. The number of urea groups is 1. The zero-order valence-electron chi connectivity index (χ0n) is 10.5. The molecule has 1 heterocycles. The maximum atomic E-state index is 12.0. The van der Waals surface area contributed by atoms with Gasteiger partial charge in [0.25, 0.3) is 5.91 Å². The van der Waals surface area contributed by atoms with Crippen LogP contribution in [-0.4, -0.2) is 29.4 Å². The number of nitriles is 1. The Morgan fingerprint density at radius 1 is 1.20 bits per heavy atom. The summed E-state index contributed by atoms with van der Waals surface area (Å²) in [7, 11) is 0. The highest BCUT2D eigenvalue weighted by molar-refractivity contribution is 6.06. The Labute approximate surface area is 115 Å². The van der Waals surface area contributed by atoms with E-state index in [1.807, 2.05) is 36.4 Å². The van der Waals surface area contributed by atoms with Gasteiger partial charge in [-0.05, 0) is 22.9 Å². The first-order valence-electron chi connectivity index (χ1n) is 6.19. The smallest absolute Gasteiger partial charge is 0.303 e. The minimum absolute atomic E-state index is 0.382. The third-order valence-electron chi connectivity index (χ3n) is 3.25. The molecule has 1 aliphatic heterocycles. The van der Waals surface area contributed by atoms with Crippen LogP contribution >= 0.6 is 0 Å². The van der Waals surface area contributed by atoms with Crippen LogP contribution in [0.15, 0.2) is 42.5 Å². The molecule has 5 heteroatoms. The Morgan fingerprint density at radius 2 is 1.95 bits per heavy atom. The molecule has 0 saturated carbocycles. The third kappa shape index (κ3) is 2.19. The third-order valence-corrected chi connectivity index (χ3v) is 3.25. The quantitative estimate of drug-likeness (QED) is 0.800. The van der Waals surface area contributed by atoms with Crippen molar-refractivity contribution in [1.82, 2.24) is 10.2 Å². The number of carbonyl (C=O) groups excluding carboxylic acids is 2. The number of carbonyl (C=O) groups is 2. The van der Waals surface area contributed by atoms with Gasteiger partial charge in [-0.15, -0.1) is 0 Å². The minimum Gasteiger partial charge on any atom is -0.303 e. The zero-order chi connectivity index (χ0) is 14.1. The molecule has 98 valence electrons. The molecule has 3 rings (SSSR count). The number of hydrogen-bond acceptors (Lipinski definition) is 3. The van der Waals surface area contributed by atoms with Gasteiger partial charge in [0.05, 0.1) is 12.6 Å². The summed E-state index contributed by atoms with van der Waals surface area (Å²) in [6, 6.07) is 14.0. The lowest BCUT2D eigenvalue weighted by Crippen LogP contribution is -2.34. The van der Waals surface area contributed by atoms with E-state index in [1.165, 1.54) is 4.90 Å². The fourth-order valence-corrected chi connectivity index (χ4v) is 2.05. The van der Waals surface area contributed by atoms with Crippen molar-refractivity contribution in [3.05, 3.63) is 48.0 Å². The molecule has 1 fully saturated rings. The second-order valence-electron chi connectivity index (χ2n) is 4.62. The number of fused-ring (bicyclic) bond motifs is 1. The van der Waals surface area contributed by atoms with Gasteiger partial charge >= 0.3 is 6.03 Å². The summed E-state index contributed by atoms with van der Waals surface area (Å²) in [5.41, 5.74) is 0.424. The van der Waals surface area contributed by atoms with Crippen LogP contribution in [0.2, 0.25) is 0 Å². The van der Waals surface area contributed by atoms with Crippen LogP contribution < -0.4 is 5.32 Å². The van der Waals surface area contributed by atoms with Crippen LogP contribution in [0.5, 0.6) is 0 Å². The van der Waals surface area contributed by atoms with E-state index in [4.69, 9.17) is 5.26 Å². The van der Waals surface area contributed by atoms with E-state index in [1.54, 1.807) is 12.1 Å². The molecule has 1 atom stereocenters. The molecule has 0 bridgehead atoms. The van der Waals surface area contributed by atoms with E-state index in [-0.39, 0.29) is 0 Å². The van der Waals surface area contributed by atoms with Crippen molar-refractivity contribution in [1.29, 1.82) is 5.26 Å². The highest BCUT2D eigenvalue weighted by Gasteiger charge is 2.39. The van der Waals surface area contributed by atoms with Gasteiger partial charge in [0.1, 0.15) is 6.04 Å². The number of nitrogens with one attached hydrogen (secondary N) is 1. The molecule has 0 aromatic heterocycles.